The van der Waals surface area contributed by atoms with Crippen molar-refractivity contribution in [1.82, 2.24) is 19.8 Å². The zero-order valence-electron chi connectivity index (χ0n) is 11.4. The Bertz CT molecular complexity index is 1010. The molecule has 0 aliphatic heterocycles. The summed E-state index contributed by atoms with van der Waals surface area (Å²) in [5.74, 6) is -0.550. The molecule has 23 heavy (non-hydrogen) atoms. The minimum Gasteiger partial charge on any atom is -0.207 e. The highest BCUT2D eigenvalue weighted by Gasteiger charge is 2.17. The van der Waals surface area contributed by atoms with Crippen LogP contribution in [-0.4, -0.2) is 19.8 Å². The van der Waals surface area contributed by atoms with E-state index in [4.69, 9.17) is 11.6 Å². The van der Waals surface area contributed by atoms with E-state index in [1.165, 1.54) is 4.52 Å². The van der Waals surface area contributed by atoms with Gasteiger partial charge in [0.05, 0.1) is 5.56 Å². The van der Waals surface area contributed by atoms with E-state index in [0.29, 0.717) is 20.8 Å². The molecule has 4 nitrogen and oxygen atoms in total. The molecule has 4 aromatic rings. The van der Waals surface area contributed by atoms with Gasteiger partial charge in [-0.3, -0.25) is 0 Å². The maximum Gasteiger partial charge on any atom is 0.235 e. The molecule has 8 heteroatoms. The second-order valence-electron chi connectivity index (χ2n) is 4.76. The van der Waals surface area contributed by atoms with Crippen molar-refractivity contribution in [3.05, 3.63) is 59.1 Å². The van der Waals surface area contributed by atoms with E-state index in [1.54, 1.807) is 24.3 Å². The topological polar surface area (TPSA) is 43.1 Å². The lowest BCUT2D eigenvalue weighted by molar-refractivity contribution is 0.603. The molecular formula is C15H7ClF2N4S. The van der Waals surface area contributed by atoms with Gasteiger partial charge in [-0.25, -0.2) is 8.78 Å². The van der Waals surface area contributed by atoms with Crippen LogP contribution in [0.1, 0.15) is 0 Å². The summed E-state index contributed by atoms with van der Waals surface area (Å²) < 4.78 is 28.8. The molecule has 0 bridgehead atoms. The molecule has 0 amide bonds. The quantitative estimate of drug-likeness (QED) is 0.537. The maximum absolute atomic E-state index is 13.9. The maximum atomic E-state index is 13.9. The fraction of sp³-hybridized carbons (Fsp3) is 0. The normalized spacial score (nSPS) is 11.3. The fourth-order valence-corrected chi connectivity index (χ4v) is 3.15. The molecule has 0 aliphatic carbocycles. The molecular weight excluding hydrogens is 342 g/mol. The zero-order chi connectivity index (χ0) is 16.0. The van der Waals surface area contributed by atoms with E-state index < -0.39 is 11.6 Å². The highest BCUT2D eigenvalue weighted by atomic mass is 35.5. The Morgan fingerprint density at radius 2 is 1.78 bits per heavy atom. The molecule has 0 saturated carbocycles. The Hall–Kier alpha value is -2.38. The first-order chi connectivity index (χ1) is 11.1. The Morgan fingerprint density at radius 1 is 1.00 bits per heavy atom. The molecule has 0 atom stereocenters. The number of halogens is 3. The van der Waals surface area contributed by atoms with Crippen LogP contribution >= 0.6 is 22.9 Å². The lowest BCUT2D eigenvalue weighted by atomic mass is 10.2. The third-order valence-corrected chi connectivity index (χ3v) is 4.44. The molecule has 0 aliphatic rings. The number of benzene rings is 2. The first-order valence-electron chi connectivity index (χ1n) is 6.55. The summed E-state index contributed by atoms with van der Waals surface area (Å²) in [6.07, 6.45) is 0. The van der Waals surface area contributed by atoms with Gasteiger partial charge in [-0.15, -0.1) is 10.2 Å². The first-order valence-corrected chi connectivity index (χ1v) is 7.75. The average molecular weight is 349 g/mol. The molecule has 2 heterocycles. The average Bonchev–Trinajstić information content (AvgIpc) is 3.11. The number of rotatable bonds is 2. The van der Waals surface area contributed by atoms with E-state index >= 15 is 0 Å². The van der Waals surface area contributed by atoms with Gasteiger partial charge in [-0.1, -0.05) is 22.9 Å². The molecule has 2 aromatic carbocycles. The predicted octanol–water partition coefficient (Wildman–Crippen LogP) is 4.45. The summed E-state index contributed by atoms with van der Waals surface area (Å²) in [6, 6.07) is 10.3. The lowest BCUT2D eigenvalue weighted by Crippen LogP contribution is -1.92. The molecule has 0 radical (unpaired) electrons. The smallest absolute Gasteiger partial charge is 0.207 e. The van der Waals surface area contributed by atoms with E-state index in [1.807, 2.05) is 0 Å². The summed E-state index contributed by atoms with van der Waals surface area (Å²) in [6.45, 7) is 0. The van der Waals surface area contributed by atoms with Gasteiger partial charge in [0.2, 0.25) is 4.96 Å². The SMILES string of the molecule is Fc1ccc(F)c(-c2nn3c(-c4ccc(Cl)cc4)nnc3s2)c1. The monoisotopic (exact) mass is 348 g/mol. The number of nitrogens with zero attached hydrogens (tertiary/aromatic N) is 4. The zero-order valence-corrected chi connectivity index (χ0v) is 12.9. The van der Waals surface area contributed by atoms with Gasteiger partial charge in [-0.2, -0.15) is 9.61 Å². The third-order valence-electron chi connectivity index (χ3n) is 3.25. The number of hydrogen-bond donors (Lipinski definition) is 0. The highest BCUT2D eigenvalue weighted by Crippen LogP contribution is 2.30. The molecule has 0 N–H and O–H groups in total. The summed E-state index contributed by atoms with van der Waals surface area (Å²) in [4.78, 5) is 0.494. The van der Waals surface area contributed by atoms with Crippen molar-refractivity contribution >= 4 is 27.9 Å². The van der Waals surface area contributed by atoms with E-state index in [2.05, 4.69) is 15.3 Å². The third kappa shape index (κ3) is 2.47. The number of hydrogen-bond acceptors (Lipinski definition) is 4. The fourth-order valence-electron chi connectivity index (χ4n) is 2.17. The second kappa shape index (κ2) is 5.36. The minimum atomic E-state index is -0.538. The van der Waals surface area contributed by atoms with Crippen molar-refractivity contribution in [2.45, 2.75) is 0 Å². The molecule has 114 valence electrons. The predicted molar refractivity (Wildman–Crippen MR) is 84.5 cm³/mol. The van der Waals surface area contributed by atoms with Gasteiger partial charge in [-0.05, 0) is 42.5 Å². The van der Waals surface area contributed by atoms with Crippen molar-refractivity contribution in [2.75, 3.05) is 0 Å². The van der Waals surface area contributed by atoms with Gasteiger partial charge in [0, 0.05) is 10.6 Å². The molecule has 0 spiro atoms. The van der Waals surface area contributed by atoms with Crippen LogP contribution in [-0.2, 0) is 0 Å². The molecule has 4 rings (SSSR count). The Kier molecular flexibility index (Phi) is 3.32. The molecule has 0 unspecified atom stereocenters. The van der Waals surface area contributed by atoms with E-state index in [9.17, 15) is 8.78 Å². The van der Waals surface area contributed by atoms with Gasteiger partial charge < -0.3 is 0 Å². The Morgan fingerprint density at radius 3 is 2.57 bits per heavy atom. The lowest BCUT2D eigenvalue weighted by Gasteiger charge is -1.99. The second-order valence-corrected chi connectivity index (χ2v) is 6.15. The van der Waals surface area contributed by atoms with Gasteiger partial charge in [0.25, 0.3) is 0 Å². The van der Waals surface area contributed by atoms with Crippen molar-refractivity contribution in [3.8, 4) is 22.0 Å². The molecule has 0 fully saturated rings. The Balaban J connectivity index is 1.86. The largest absolute Gasteiger partial charge is 0.235 e. The van der Waals surface area contributed by atoms with E-state index in [-0.39, 0.29) is 5.56 Å². The minimum absolute atomic E-state index is 0.0996. The van der Waals surface area contributed by atoms with Crippen LogP contribution in [0.25, 0.3) is 26.9 Å². The van der Waals surface area contributed by atoms with Crippen molar-refractivity contribution in [3.63, 3.8) is 0 Å². The Labute approximate surface area is 138 Å². The van der Waals surface area contributed by atoms with Crippen molar-refractivity contribution in [2.24, 2.45) is 0 Å². The molecule has 2 aromatic heterocycles. The van der Waals surface area contributed by atoms with Crippen LogP contribution in [0.15, 0.2) is 42.5 Å². The van der Waals surface area contributed by atoms with Crippen LogP contribution in [0.5, 0.6) is 0 Å². The van der Waals surface area contributed by atoms with Gasteiger partial charge in [0.15, 0.2) is 10.8 Å². The summed E-state index contributed by atoms with van der Waals surface area (Å²) >= 11 is 7.01. The molecule has 0 saturated heterocycles. The van der Waals surface area contributed by atoms with Crippen molar-refractivity contribution < 1.29 is 8.78 Å². The van der Waals surface area contributed by atoms with Crippen LogP contribution in [0, 0.1) is 11.6 Å². The van der Waals surface area contributed by atoms with Crippen LogP contribution in [0.4, 0.5) is 8.78 Å². The van der Waals surface area contributed by atoms with Crippen LogP contribution < -0.4 is 0 Å². The highest BCUT2D eigenvalue weighted by molar-refractivity contribution is 7.19. The summed E-state index contributed by atoms with van der Waals surface area (Å²) in [5, 5.41) is 13.4. The van der Waals surface area contributed by atoms with Crippen molar-refractivity contribution in [1.29, 1.82) is 0 Å². The summed E-state index contributed by atoms with van der Waals surface area (Å²) in [5.41, 5.74) is 0.876. The van der Waals surface area contributed by atoms with Gasteiger partial charge >= 0.3 is 0 Å². The number of fused-ring (bicyclic) bond motifs is 1. The van der Waals surface area contributed by atoms with Gasteiger partial charge in [0.1, 0.15) is 11.6 Å². The standard InChI is InChI=1S/C15H7ClF2N4S/c16-9-3-1-8(2-4-9)13-19-20-15-22(13)21-14(23-15)11-7-10(17)5-6-12(11)18/h1-7H. The van der Waals surface area contributed by atoms with Crippen LogP contribution in [0.2, 0.25) is 5.02 Å². The summed E-state index contributed by atoms with van der Waals surface area (Å²) in [7, 11) is 0. The van der Waals surface area contributed by atoms with Crippen LogP contribution in [0.3, 0.4) is 0 Å². The number of aromatic nitrogens is 4. The first kappa shape index (κ1) is 14.2. The van der Waals surface area contributed by atoms with E-state index in [0.717, 1.165) is 35.1 Å².